The monoisotopic (exact) mass is 206 g/mol. The molecule has 0 N–H and O–H groups in total. The molecule has 1 aromatic rings. The second kappa shape index (κ2) is 3.36. The van der Waals surface area contributed by atoms with E-state index in [-0.39, 0.29) is 11.9 Å². The van der Waals surface area contributed by atoms with Crippen LogP contribution in [0.4, 0.5) is 0 Å². The third-order valence-electron chi connectivity index (χ3n) is 3.23. The minimum Gasteiger partial charge on any atom is -0.465 e. The lowest BCUT2D eigenvalue weighted by atomic mass is 9.88. The molecule has 1 aliphatic carbocycles. The second-order valence-corrected chi connectivity index (χ2v) is 4.32. The van der Waals surface area contributed by atoms with Crippen molar-refractivity contribution in [2.45, 2.75) is 32.2 Å². The SMILES string of the molecule is O=C1OCCCn2cc3c(n2)CCC1C3. The molecule has 0 fully saturated rings. The zero-order chi connectivity index (χ0) is 10.3. The predicted octanol–water partition coefficient (Wildman–Crippen LogP) is 0.935. The summed E-state index contributed by atoms with van der Waals surface area (Å²) >= 11 is 0. The van der Waals surface area contributed by atoms with Gasteiger partial charge in [0.05, 0.1) is 18.2 Å². The van der Waals surface area contributed by atoms with Crippen LogP contribution in [-0.4, -0.2) is 22.4 Å². The Morgan fingerprint density at radius 2 is 2.47 bits per heavy atom. The molecule has 1 aromatic heterocycles. The zero-order valence-corrected chi connectivity index (χ0v) is 8.61. The van der Waals surface area contributed by atoms with Crippen molar-refractivity contribution >= 4 is 5.97 Å². The van der Waals surface area contributed by atoms with Gasteiger partial charge in [0.1, 0.15) is 0 Å². The van der Waals surface area contributed by atoms with Gasteiger partial charge in [0.15, 0.2) is 0 Å². The van der Waals surface area contributed by atoms with E-state index in [0.717, 1.165) is 32.2 Å². The van der Waals surface area contributed by atoms with Crippen molar-refractivity contribution in [3.8, 4) is 0 Å². The van der Waals surface area contributed by atoms with Crippen LogP contribution in [0.3, 0.4) is 0 Å². The highest BCUT2D eigenvalue weighted by Gasteiger charge is 2.28. The molecule has 4 nitrogen and oxygen atoms in total. The lowest BCUT2D eigenvalue weighted by molar-refractivity contribution is -0.149. The standard InChI is InChI=1S/C11H14N2O2/c14-11-8-2-3-10-9(6-8)7-13(12-10)4-1-5-15-11/h7-8H,1-6H2. The van der Waals surface area contributed by atoms with Crippen LogP contribution in [0.15, 0.2) is 6.20 Å². The third kappa shape index (κ3) is 1.54. The van der Waals surface area contributed by atoms with E-state index in [1.54, 1.807) is 0 Å². The number of aromatic nitrogens is 2. The number of fused-ring (bicyclic) bond motifs is 2. The number of hydrogen-bond donors (Lipinski definition) is 0. The van der Waals surface area contributed by atoms with Crippen molar-refractivity contribution in [2.75, 3.05) is 6.61 Å². The molecule has 0 aromatic carbocycles. The zero-order valence-electron chi connectivity index (χ0n) is 8.61. The Morgan fingerprint density at radius 1 is 1.53 bits per heavy atom. The normalized spacial score (nSPS) is 25.1. The van der Waals surface area contributed by atoms with Crippen molar-refractivity contribution in [3.05, 3.63) is 17.5 Å². The average molecular weight is 206 g/mol. The minimum absolute atomic E-state index is 0.0182. The van der Waals surface area contributed by atoms with Crippen LogP contribution in [0.2, 0.25) is 0 Å². The number of nitrogens with zero attached hydrogens (tertiary/aromatic N) is 2. The van der Waals surface area contributed by atoms with Gasteiger partial charge in [-0.15, -0.1) is 0 Å². The van der Waals surface area contributed by atoms with E-state index in [0.29, 0.717) is 6.61 Å². The molecule has 3 bridgehead atoms. The molecular formula is C11H14N2O2. The first-order valence-electron chi connectivity index (χ1n) is 5.55. The quantitative estimate of drug-likeness (QED) is 0.593. The number of esters is 1. The van der Waals surface area contributed by atoms with E-state index < -0.39 is 0 Å². The summed E-state index contributed by atoms with van der Waals surface area (Å²) in [5.74, 6) is 0.0450. The largest absolute Gasteiger partial charge is 0.465 e. The highest BCUT2D eigenvalue weighted by molar-refractivity contribution is 5.73. The first-order chi connectivity index (χ1) is 7.33. The van der Waals surface area contributed by atoms with Crippen molar-refractivity contribution in [2.24, 2.45) is 5.92 Å². The molecule has 0 spiro atoms. The molecule has 3 rings (SSSR count). The lowest BCUT2D eigenvalue weighted by Crippen LogP contribution is -2.24. The Morgan fingerprint density at radius 3 is 3.40 bits per heavy atom. The first kappa shape index (κ1) is 8.95. The summed E-state index contributed by atoms with van der Waals surface area (Å²) in [4.78, 5) is 11.7. The molecule has 1 atom stereocenters. The van der Waals surface area contributed by atoms with Gasteiger partial charge in [-0.3, -0.25) is 9.48 Å². The van der Waals surface area contributed by atoms with Gasteiger partial charge in [-0.2, -0.15) is 5.10 Å². The molecule has 4 heteroatoms. The van der Waals surface area contributed by atoms with Crippen LogP contribution in [0.1, 0.15) is 24.1 Å². The van der Waals surface area contributed by atoms with Gasteiger partial charge >= 0.3 is 5.97 Å². The second-order valence-electron chi connectivity index (χ2n) is 4.32. The maximum absolute atomic E-state index is 11.7. The Bertz CT molecular complexity index is 397. The van der Waals surface area contributed by atoms with E-state index in [4.69, 9.17) is 4.74 Å². The van der Waals surface area contributed by atoms with E-state index in [1.165, 1.54) is 11.3 Å². The molecule has 1 unspecified atom stereocenters. The fourth-order valence-corrected chi connectivity index (χ4v) is 2.39. The van der Waals surface area contributed by atoms with E-state index in [2.05, 4.69) is 11.3 Å². The minimum atomic E-state index is -0.0182. The average Bonchev–Trinajstić information content (AvgIpc) is 2.63. The van der Waals surface area contributed by atoms with Gasteiger partial charge in [0.25, 0.3) is 0 Å². The van der Waals surface area contributed by atoms with Crippen LogP contribution in [0.25, 0.3) is 0 Å². The molecule has 0 saturated heterocycles. The van der Waals surface area contributed by atoms with Crippen molar-refractivity contribution in [1.29, 1.82) is 0 Å². The lowest BCUT2D eigenvalue weighted by Gasteiger charge is -2.19. The van der Waals surface area contributed by atoms with Gasteiger partial charge in [0, 0.05) is 19.2 Å². The van der Waals surface area contributed by atoms with Crippen LogP contribution in [-0.2, 0) is 28.9 Å². The Balaban J connectivity index is 1.98. The Kier molecular flexibility index (Phi) is 2.01. The number of carbonyl (C=O) groups excluding carboxylic acids is 1. The molecule has 80 valence electrons. The highest BCUT2D eigenvalue weighted by Crippen LogP contribution is 2.26. The maximum Gasteiger partial charge on any atom is 0.309 e. The Hall–Kier alpha value is -1.32. The first-order valence-corrected chi connectivity index (χ1v) is 5.55. The molecular weight excluding hydrogens is 192 g/mol. The fraction of sp³-hybridized carbons (Fsp3) is 0.636. The third-order valence-corrected chi connectivity index (χ3v) is 3.23. The van der Waals surface area contributed by atoms with Crippen molar-refractivity contribution in [1.82, 2.24) is 9.78 Å². The summed E-state index contributed by atoms with van der Waals surface area (Å²) < 4.78 is 7.22. The smallest absolute Gasteiger partial charge is 0.309 e. The van der Waals surface area contributed by atoms with E-state index >= 15 is 0 Å². The summed E-state index contributed by atoms with van der Waals surface area (Å²) in [7, 11) is 0. The topological polar surface area (TPSA) is 44.1 Å². The number of hydrogen-bond acceptors (Lipinski definition) is 3. The van der Waals surface area contributed by atoms with Crippen LogP contribution >= 0.6 is 0 Å². The number of carbonyl (C=O) groups is 1. The molecule has 1 aliphatic heterocycles. The van der Waals surface area contributed by atoms with Gasteiger partial charge < -0.3 is 4.74 Å². The number of cyclic esters (lactones) is 1. The molecule has 0 amide bonds. The van der Waals surface area contributed by atoms with Crippen molar-refractivity contribution < 1.29 is 9.53 Å². The van der Waals surface area contributed by atoms with Gasteiger partial charge in [-0.05, 0) is 24.8 Å². The van der Waals surface area contributed by atoms with Gasteiger partial charge in [0.2, 0.25) is 0 Å². The van der Waals surface area contributed by atoms with Gasteiger partial charge in [-0.25, -0.2) is 0 Å². The van der Waals surface area contributed by atoms with Gasteiger partial charge in [-0.1, -0.05) is 0 Å². The number of ether oxygens (including phenoxy) is 1. The summed E-state index contributed by atoms with van der Waals surface area (Å²) in [6.45, 7) is 1.38. The van der Waals surface area contributed by atoms with Crippen LogP contribution in [0.5, 0.6) is 0 Å². The predicted molar refractivity (Wildman–Crippen MR) is 53.3 cm³/mol. The number of rotatable bonds is 0. The molecule has 2 heterocycles. The van der Waals surface area contributed by atoms with Crippen LogP contribution in [0, 0.1) is 5.92 Å². The summed E-state index contributed by atoms with van der Waals surface area (Å²) in [5, 5.41) is 4.53. The Labute approximate surface area is 88.2 Å². The van der Waals surface area contributed by atoms with Crippen molar-refractivity contribution in [3.63, 3.8) is 0 Å². The number of aryl methyl sites for hydroxylation is 2. The molecule has 15 heavy (non-hydrogen) atoms. The van der Waals surface area contributed by atoms with E-state index in [9.17, 15) is 4.79 Å². The summed E-state index contributed by atoms with van der Waals surface area (Å²) in [5.41, 5.74) is 2.42. The van der Waals surface area contributed by atoms with Crippen LogP contribution < -0.4 is 0 Å². The molecule has 0 radical (unpaired) electrons. The summed E-state index contributed by atoms with van der Waals surface area (Å²) in [6.07, 6.45) is 5.58. The summed E-state index contributed by atoms with van der Waals surface area (Å²) in [6, 6.07) is 0. The maximum atomic E-state index is 11.7. The molecule has 0 saturated carbocycles. The highest BCUT2D eigenvalue weighted by atomic mass is 16.5. The van der Waals surface area contributed by atoms with E-state index in [1.807, 2.05) is 4.68 Å². The molecule has 2 aliphatic rings. The fourth-order valence-electron chi connectivity index (χ4n) is 2.39.